The third kappa shape index (κ3) is 2.45. The van der Waals surface area contributed by atoms with E-state index in [1.807, 2.05) is 6.08 Å². The fraction of sp³-hybridized carbons (Fsp3) is 0.667. The van der Waals surface area contributed by atoms with Crippen molar-refractivity contribution >= 4 is 5.78 Å². The van der Waals surface area contributed by atoms with Crippen LogP contribution in [0.15, 0.2) is 23.3 Å². The molecule has 0 heterocycles. The topological polar surface area (TPSA) is 17.1 Å². The van der Waals surface area contributed by atoms with Gasteiger partial charge in [0, 0.05) is 5.57 Å². The molecular formula is C15H24O. The van der Waals surface area contributed by atoms with E-state index in [4.69, 9.17) is 0 Å². The lowest BCUT2D eigenvalue weighted by Crippen LogP contribution is -2.32. The van der Waals surface area contributed by atoms with Crippen molar-refractivity contribution < 1.29 is 4.79 Å². The van der Waals surface area contributed by atoms with Crippen LogP contribution in [0.5, 0.6) is 0 Å². The number of allylic oxidation sites excluding steroid dienone is 4. The quantitative estimate of drug-likeness (QED) is 0.648. The van der Waals surface area contributed by atoms with Crippen LogP contribution in [0.3, 0.4) is 0 Å². The zero-order chi connectivity index (χ0) is 12.3. The summed E-state index contributed by atoms with van der Waals surface area (Å²) in [6, 6.07) is 0. The van der Waals surface area contributed by atoms with Crippen LogP contribution in [-0.2, 0) is 4.79 Å². The van der Waals surface area contributed by atoms with Crippen molar-refractivity contribution in [1.82, 2.24) is 0 Å². The van der Waals surface area contributed by atoms with Gasteiger partial charge in [0.15, 0.2) is 5.78 Å². The molecule has 0 aromatic heterocycles. The molecule has 0 N–H and O–H groups in total. The minimum absolute atomic E-state index is 0.0253. The van der Waals surface area contributed by atoms with Crippen LogP contribution in [0.2, 0.25) is 0 Å². The lowest BCUT2D eigenvalue weighted by molar-refractivity contribution is -0.112. The highest BCUT2D eigenvalue weighted by molar-refractivity contribution is 6.05. The Morgan fingerprint density at radius 1 is 1.50 bits per heavy atom. The lowest BCUT2D eigenvalue weighted by Gasteiger charge is -2.39. The molecule has 1 rings (SSSR count). The molecule has 16 heavy (non-hydrogen) atoms. The molecule has 1 atom stereocenters. The Morgan fingerprint density at radius 2 is 2.12 bits per heavy atom. The molecule has 0 bridgehead atoms. The number of rotatable bonds is 3. The molecule has 0 saturated carbocycles. The van der Waals surface area contributed by atoms with Crippen LogP contribution in [0, 0.1) is 11.3 Å². The van der Waals surface area contributed by atoms with Crippen LogP contribution in [-0.4, -0.2) is 5.78 Å². The molecule has 0 aromatic carbocycles. The van der Waals surface area contributed by atoms with E-state index >= 15 is 0 Å². The summed E-state index contributed by atoms with van der Waals surface area (Å²) >= 11 is 0. The lowest BCUT2D eigenvalue weighted by atomic mass is 9.65. The SMILES string of the molecule is CCC=CC(=O)C1=C(C)CCC(C)C1(C)C. The maximum Gasteiger partial charge on any atom is 0.181 e. The maximum absolute atomic E-state index is 12.2. The van der Waals surface area contributed by atoms with Crippen molar-refractivity contribution in [3.63, 3.8) is 0 Å². The zero-order valence-corrected chi connectivity index (χ0v) is 11.3. The maximum atomic E-state index is 12.2. The normalized spacial score (nSPS) is 25.2. The molecule has 1 aliphatic carbocycles. The van der Waals surface area contributed by atoms with Gasteiger partial charge < -0.3 is 0 Å². The molecule has 1 nitrogen and oxygen atoms in total. The molecule has 0 spiro atoms. The van der Waals surface area contributed by atoms with Crippen LogP contribution in [0.4, 0.5) is 0 Å². The minimum atomic E-state index is 0.0253. The largest absolute Gasteiger partial charge is 0.290 e. The van der Waals surface area contributed by atoms with Gasteiger partial charge in [-0.25, -0.2) is 0 Å². The first-order chi connectivity index (χ1) is 7.41. The smallest absolute Gasteiger partial charge is 0.181 e. The Kier molecular flexibility index (Phi) is 4.12. The minimum Gasteiger partial charge on any atom is -0.290 e. The highest BCUT2D eigenvalue weighted by atomic mass is 16.1. The van der Waals surface area contributed by atoms with Gasteiger partial charge in [-0.2, -0.15) is 0 Å². The summed E-state index contributed by atoms with van der Waals surface area (Å²) in [5.41, 5.74) is 2.36. The average Bonchev–Trinajstić information content (AvgIpc) is 2.21. The van der Waals surface area contributed by atoms with Crippen LogP contribution >= 0.6 is 0 Å². The second-order valence-corrected chi connectivity index (χ2v) is 5.49. The van der Waals surface area contributed by atoms with E-state index in [9.17, 15) is 4.79 Å². The van der Waals surface area contributed by atoms with E-state index in [0.717, 1.165) is 18.4 Å². The van der Waals surface area contributed by atoms with Crippen molar-refractivity contribution in [2.45, 2.75) is 53.9 Å². The monoisotopic (exact) mass is 220 g/mol. The number of hydrogen-bond acceptors (Lipinski definition) is 1. The molecule has 1 heteroatoms. The Morgan fingerprint density at radius 3 is 2.69 bits per heavy atom. The molecule has 0 radical (unpaired) electrons. The molecule has 0 aromatic rings. The summed E-state index contributed by atoms with van der Waals surface area (Å²) < 4.78 is 0. The molecule has 90 valence electrons. The molecule has 1 aliphatic rings. The first-order valence-electron chi connectivity index (χ1n) is 6.32. The summed E-state index contributed by atoms with van der Waals surface area (Å²) in [5, 5.41) is 0. The van der Waals surface area contributed by atoms with Gasteiger partial charge in [0.2, 0.25) is 0 Å². The van der Waals surface area contributed by atoms with E-state index < -0.39 is 0 Å². The van der Waals surface area contributed by atoms with Crippen molar-refractivity contribution in [3.05, 3.63) is 23.3 Å². The third-order valence-electron chi connectivity index (χ3n) is 4.01. The molecule has 0 saturated heterocycles. The molecular weight excluding hydrogens is 196 g/mol. The van der Waals surface area contributed by atoms with Crippen LogP contribution in [0.1, 0.15) is 53.9 Å². The van der Waals surface area contributed by atoms with Crippen LogP contribution < -0.4 is 0 Å². The third-order valence-corrected chi connectivity index (χ3v) is 4.01. The molecule has 1 unspecified atom stereocenters. The molecule has 0 fully saturated rings. The van der Waals surface area contributed by atoms with Gasteiger partial charge in [0.1, 0.15) is 0 Å². The Hall–Kier alpha value is -0.850. The number of hydrogen-bond donors (Lipinski definition) is 0. The Bertz CT molecular complexity index is 331. The second kappa shape index (κ2) is 4.99. The predicted molar refractivity (Wildman–Crippen MR) is 69.3 cm³/mol. The average molecular weight is 220 g/mol. The van der Waals surface area contributed by atoms with E-state index in [1.165, 1.54) is 12.0 Å². The highest BCUT2D eigenvalue weighted by Crippen LogP contribution is 2.44. The first-order valence-corrected chi connectivity index (χ1v) is 6.32. The zero-order valence-electron chi connectivity index (χ0n) is 11.3. The summed E-state index contributed by atoms with van der Waals surface area (Å²) in [6.45, 7) is 10.8. The second-order valence-electron chi connectivity index (χ2n) is 5.49. The van der Waals surface area contributed by atoms with Gasteiger partial charge in [-0.15, -0.1) is 0 Å². The standard InChI is InChI=1S/C15H24O/c1-6-7-8-13(16)14-11(2)9-10-12(3)15(14,4)5/h7-8,12H,6,9-10H2,1-5H3. The summed E-state index contributed by atoms with van der Waals surface area (Å²) in [6.07, 6.45) is 6.91. The van der Waals surface area contributed by atoms with Crippen LogP contribution in [0.25, 0.3) is 0 Å². The summed E-state index contributed by atoms with van der Waals surface area (Å²) in [5.74, 6) is 0.807. The summed E-state index contributed by atoms with van der Waals surface area (Å²) in [4.78, 5) is 12.2. The molecule has 0 amide bonds. The Balaban J connectivity index is 3.07. The fourth-order valence-electron chi connectivity index (χ4n) is 2.55. The number of carbonyl (C=O) groups excluding carboxylic acids is 1. The van der Waals surface area contributed by atoms with Gasteiger partial charge in [-0.05, 0) is 43.6 Å². The summed E-state index contributed by atoms with van der Waals surface area (Å²) in [7, 11) is 0. The van der Waals surface area contributed by atoms with E-state index in [-0.39, 0.29) is 11.2 Å². The number of carbonyl (C=O) groups is 1. The Labute approximate surface area is 99.6 Å². The van der Waals surface area contributed by atoms with Crippen molar-refractivity contribution in [2.24, 2.45) is 11.3 Å². The van der Waals surface area contributed by atoms with Gasteiger partial charge in [-0.3, -0.25) is 4.79 Å². The van der Waals surface area contributed by atoms with E-state index in [1.54, 1.807) is 6.08 Å². The van der Waals surface area contributed by atoms with E-state index in [0.29, 0.717) is 5.92 Å². The first kappa shape index (κ1) is 13.2. The fourth-order valence-corrected chi connectivity index (χ4v) is 2.55. The highest BCUT2D eigenvalue weighted by Gasteiger charge is 2.37. The van der Waals surface area contributed by atoms with Crippen molar-refractivity contribution in [2.75, 3.05) is 0 Å². The van der Waals surface area contributed by atoms with Gasteiger partial charge in [-0.1, -0.05) is 39.3 Å². The van der Waals surface area contributed by atoms with E-state index in [2.05, 4.69) is 34.6 Å². The van der Waals surface area contributed by atoms with Crippen molar-refractivity contribution in [1.29, 1.82) is 0 Å². The van der Waals surface area contributed by atoms with Crippen molar-refractivity contribution in [3.8, 4) is 0 Å². The number of ketones is 1. The predicted octanol–water partition coefficient (Wildman–Crippen LogP) is 4.29. The van der Waals surface area contributed by atoms with Gasteiger partial charge >= 0.3 is 0 Å². The van der Waals surface area contributed by atoms with Gasteiger partial charge in [0.25, 0.3) is 0 Å². The molecule has 0 aliphatic heterocycles. The van der Waals surface area contributed by atoms with Gasteiger partial charge in [0.05, 0.1) is 0 Å².